The number of anilines is 1. The molecule has 1 aromatic carbocycles. The molecule has 0 bridgehead atoms. The molecule has 0 radical (unpaired) electrons. The number of aryl methyl sites for hydroxylation is 2. The first-order valence-corrected chi connectivity index (χ1v) is 14.6. The van der Waals surface area contributed by atoms with Gasteiger partial charge in [-0.2, -0.15) is 5.10 Å². The molecule has 0 aliphatic carbocycles. The summed E-state index contributed by atoms with van der Waals surface area (Å²) in [7, 11) is 0. The van der Waals surface area contributed by atoms with E-state index in [1.807, 2.05) is 4.68 Å². The molecule has 2 aromatic heterocycles. The Morgan fingerprint density at radius 2 is 1.92 bits per heavy atom. The van der Waals surface area contributed by atoms with E-state index in [0.29, 0.717) is 37.9 Å². The molecular formula is C28H34N4O3S2. The lowest BCUT2D eigenvalue weighted by molar-refractivity contribution is -0.134. The highest BCUT2D eigenvalue weighted by atomic mass is 32.2. The largest absolute Gasteiger partial charge is 0.378 e. The highest BCUT2D eigenvalue weighted by Gasteiger charge is 2.40. The van der Waals surface area contributed by atoms with Gasteiger partial charge in [-0.15, -0.1) is 23.1 Å². The van der Waals surface area contributed by atoms with Gasteiger partial charge in [-0.25, -0.2) is 4.68 Å². The molecule has 0 N–H and O–H groups in total. The Hall–Kier alpha value is -2.62. The van der Waals surface area contributed by atoms with E-state index in [-0.39, 0.29) is 29.0 Å². The van der Waals surface area contributed by atoms with Crippen LogP contribution >= 0.6 is 23.1 Å². The minimum atomic E-state index is -0.267. The predicted molar refractivity (Wildman–Crippen MR) is 150 cm³/mol. The first-order chi connectivity index (χ1) is 17.6. The van der Waals surface area contributed by atoms with Crippen molar-refractivity contribution in [2.45, 2.75) is 45.3 Å². The normalized spacial score (nSPS) is 18.6. The van der Waals surface area contributed by atoms with Gasteiger partial charge < -0.3 is 9.64 Å². The van der Waals surface area contributed by atoms with Crippen molar-refractivity contribution < 1.29 is 14.3 Å². The molecule has 0 saturated carbocycles. The summed E-state index contributed by atoms with van der Waals surface area (Å²) in [5, 5.41) is 7.23. The van der Waals surface area contributed by atoms with Gasteiger partial charge in [0.15, 0.2) is 0 Å². The number of fused-ring (bicyclic) bond motifs is 1. The highest BCUT2D eigenvalue weighted by Crippen LogP contribution is 2.49. The van der Waals surface area contributed by atoms with Gasteiger partial charge in [-0.05, 0) is 36.9 Å². The van der Waals surface area contributed by atoms with Crippen molar-refractivity contribution in [1.29, 1.82) is 0 Å². The molecule has 0 spiro atoms. The Bertz CT molecular complexity index is 1300. The molecule has 2 amide bonds. The van der Waals surface area contributed by atoms with Gasteiger partial charge >= 0.3 is 0 Å². The summed E-state index contributed by atoms with van der Waals surface area (Å²) in [6, 6.07) is 10.5. The van der Waals surface area contributed by atoms with Crippen LogP contribution in [0.25, 0.3) is 5.69 Å². The van der Waals surface area contributed by atoms with Gasteiger partial charge in [0.05, 0.1) is 35.6 Å². The van der Waals surface area contributed by atoms with Gasteiger partial charge in [0, 0.05) is 28.9 Å². The zero-order valence-corrected chi connectivity index (χ0v) is 23.7. The summed E-state index contributed by atoms with van der Waals surface area (Å²) in [5.41, 5.74) is 4.87. The maximum atomic E-state index is 13.8. The van der Waals surface area contributed by atoms with Crippen LogP contribution < -0.4 is 4.90 Å². The molecule has 37 heavy (non-hydrogen) atoms. The summed E-state index contributed by atoms with van der Waals surface area (Å²) in [5.74, 6) is 0.877. The Morgan fingerprint density at radius 3 is 2.57 bits per heavy atom. The second kappa shape index (κ2) is 10.3. The van der Waals surface area contributed by atoms with E-state index in [2.05, 4.69) is 70.3 Å². The third-order valence-electron chi connectivity index (χ3n) is 6.84. The van der Waals surface area contributed by atoms with Gasteiger partial charge in [-0.1, -0.05) is 44.5 Å². The van der Waals surface area contributed by atoms with E-state index in [9.17, 15) is 9.59 Å². The molecule has 7 nitrogen and oxygen atoms in total. The van der Waals surface area contributed by atoms with E-state index < -0.39 is 0 Å². The van der Waals surface area contributed by atoms with E-state index in [1.165, 1.54) is 4.88 Å². The van der Waals surface area contributed by atoms with Crippen molar-refractivity contribution in [1.82, 2.24) is 14.7 Å². The monoisotopic (exact) mass is 538 g/mol. The quantitative estimate of drug-likeness (QED) is 0.474. The molecular weight excluding hydrogens is 504 g/mol. The maximum absolute atomic E-state index is 13.8. The zero-order valence-electron chi connectivity index (χ0n) is 22.1. The standard InChI is InChI=1S/C28H34N4O3S2/c1-18-8-9-20(19(2)15-18)32-27-24(26(29-32)28(3,4)5)25(21-7-6-14-36-21)37-17-23(34)31(27)16-22(33)30-10-12-35-13-11-30/h6-9,14-15,25H,10-13,16-17H2,1-5H3/t25-/m1/s1. The fraction of sp³-hybridized carbons (Fsp3) is 0.464. The molecule has 1 atom stereocenters. The number of ether oxygens (including phenoxy) is 1. The molecule has 1 fully saturated rings. The van der Waals surface area contributed by atoms with E-state index in [1.54, 1.807) is 32.9 Å². The molecule has 2 aliphatic heterocycles. The number of thioether (sulfide) groups is 1. The van der Waals surface area contributed by atoms with Crippen molar-refractivity contribution in [3.8, 4) is 5.69 Å². The molecule has 1 saturated heterocycles. The molecule has 0 unspecified atom stereocenters. The smallest absolute Gasteiger partial charge is 0.242 e. The Morgan fingerprint density at radius 1 is 1.16 bits per heavy atom. The van der Waals surface area contributed by atoms with Crippen LogP contribution in [0.5, 0.6) is 0 Å². The molecule has 2 aliphatic rings. The van der Waals surface area contributed by atoms with Crippen molar-refractivity contribution in [2.75, 3.05) is 43.5 Å². The van der Waals surface area contributed by atoms with Crippen LogP contribution in [-0.4, -0.2) is 65.1 Å². The minimum absolute atomic E-state index is 0.0102. The molecule has 4 heterocycles. The number of benzene rings is 1. The second-order valence-electron chi connectivity index (χ2n) is 10.7. The van der Waals surface area contributed by atoms with Crippen molar-refractivity contribution in [3.63, 3.8) is 0 Å². The van der Waals surface area contributed by atoms with Crippen LogP contribution in [0, 0.1) is 13.8 Å². The first-order valence-electron chi connectivity index (χ1n) is 12.7. The molecule has 9 heteroatoms. The summed E-state index contributed by atoms with van der Waals surface area (Å²) >= 11 is 3.32. The van der Waals surface area contributed by atoms with Crippen LogP contribution in [0.1, 0.15) is 53.3 Å². The number of rotatable bonds is 4. The average Bonchev–Trinajstić information content (AvgIpc) is 3.49. The van der Waals surface area contributed by atoms with E-state index in [4.69, 9.17) is 9.84 Å². The number of thiophene rings is 1. The number of morpholine rings is 1. The third kappa shape index (κ3) is 5.09. The van der Waals surface area contributed by atoms with Crippen molar-refractivity contribution in [2.24, 2.45) is 0 Å². The van der Waals surface area contributed by atoms with Gasteiger partial charge in [-0.3, -0.25) is 14.5 Å². The molecule has 5 rings (SSSR count). The lowest BCUT2D eigenvalue weighted by Gasteiger charge is -2.30. The fourth-order valence-electron chi connectivity index (χ4n) is 5.00. The van der Waals surface area contributed by atoms with E-state index >= 15 is 0 Å². The second-order valence-corrected chi connectivity index (χ2v) is 12.8. The zero-order chi connectivity index (χ0) is 26.3. The SMILES string of the molecule is Cc1ccc(-n2nc(C(C)(C)C)c3c2N(CC(=O)N2CCOCC2)C(=O)CS[C@@H]3c2cccs2)c(C)c1. The van der Waals surface area contributed by atoms with Crippen molar-refractivity contribution in [3.05, 3.63) is 63.0 Å². The number of aromatic nitrogens is 2. The van der Waals surface area contributed by atoms with Gasteiger partial charge in [0.25, 0.3) is 0 Å². The van der Waals surface area contributed by atoms with E-state index in [0.717, 1.165) is 28.1 Å². The minimum Gasteiger partial charge on any atom is -0.378 e. The van der Waals surface area contributed by atoms with Crippen LogP contribution in [-0.2, 0) is 19.7 Å². The van der Waals surface area contributed by atoms with Gasteiger partial charge in [0.1, 0.15) is 12.4 Å². The maximum Gasteiger partial charge on any atom is 0.242 e. The summed E-state index contributed by atoms with van der Waals surface area (Å²) in [6.45, 7) is 12.8. The number of amides is 2. The van der Waals surface area contributed by atoms with Crippen LogP contribution in [0.15, 0.2) is 35.7 Å². The third-order valence-corrected chi connectivity index (χ3v) is 9.16. The predicted octanol–water partition coefficient (Wildman–Crippen LogP) is 4.88. The fourth-order valence-corrected chi connectivity index (χ4v) is 7.17. The summed E-state index contributed by atoms with van der Waals surface area (Å²) in [4.78, 5) is 31.9. The molecule has 196 valence electrons. The summed E-state index contributed by atoms with van der Waals surface area (Å²) < 4.78 is 7.36. The van der Waals surface area contributed by atoms with Gasteiger partial charge in [0.2, 0.25) is 11.8 Å². The lowest BCUT2D eigenvalue weighted by Crippen LogP contribution is -2.48. The first kappa shape index (κ1) is 26.0. The average molecular weight is 539 g/mol. The Labute approximate surface area is 226 Å². The highest BCUT2D eigenvalue weighted by molar-refractivity contribution is 8.00. The molecule has 3 aromatic rings. The number of nitrogens with zero attached hydrogens (tertiary/aromatic N) is 4. The Kier molecular flexibility index (Phi) is 7.22. The number of hydrogen-bond donors (Lipinski definition) is 0. The summed E-state index contributed by atoms with van der Waals surface area (Å²) in [6.07, 6.45) is 0. The Balaban J connectivity index is 1.73. The lowest BCUT2D eigenvalue weighted by atomic mass is 9.88. The number of carbonyl (C=O) groups is 2. The van der Waals surface area contributed by atoms with Crippen LogP contribution in [0.4, 0.5) is 5.82 Å². The topological polar surface area (TPSA) is 67.7 Å². The number of carbonyl (C=O) groups excluding carboxylic acids is 2. The van der Waals surface area contributed by atoms with Crippen LogP contribution in [0.2, 0.25) is 0 Å². The van der Waals surface area contributed by atoms with Crippen LogP contribution in [0.3, 0.4) is 0 Å². The van der Waals surface area contributed by atoms with Crippen molar-refractivity contribution >= 4 is 40.7 Å². The number of hydrogen-bond acceptors (Lipinski definition) is 6.